The van der Waals surface area contributed by atoms with Crippen LogP contribution in [0.4, 0.5) is 0 Å². The summed E-state index contributed by atoms with van der Waals surface area (Å²) in [5.41, 5.74) is 5.84. The van der Waals surface area contributed by atoms with Gasteiger partial charge in [0.15, 0.2) is 0 Å². The van der Waals surface area contributed by atoms with E-state index in [1.165, 1.54) is 16.7 Å². The Morgan fingerprint density at radius 3 is 2.24 bits per heavy atom. The van der Waals surface area contributed by atoms with Crippen LogP contribution in [0.1, 0.15) is 71.0 Å². The number of aryl methyl sites for hydroxylation is 1. The van der Waals surface area contributed by atoms with Gasteiger partial charge in [0.2, 0.25) is 0 Å². The van der Waals surface area contributed by atoms with Crippen molar-refractivity contribution in [2.24, 2.45) is 0 Å². The molecule has 0 atom stereocenters. The van der Waals surface area contributed by atoms with E-state index in [2.05, 4.69) is 66.3 Å². The molecule has 0 aliphatic heterocycles. The Balaban J connectivity index is 1.62. The smallest absolute Gasteiger partial charge is 0.311 e. The van der Waals surface area contributed by atoms with Crippen LogP contribution in [-0.2, 0) is 6.42 Å². The van der Waals surface area contributed by atoms with Gasteiger partial charge in [0.1, 0.15) is 0 Å². The van der Waals surface area contributed by atoms with Crippen molar-refractivity contribution in [2.45, 2.75) is 57.8 Å². The highest BCUT2D eigenvalue weighted by Crippen LogP contribution is 2.40. The van der Waals surface area contributed by atoms with Crippen LogP contribution < -0.4 is 11.2 Å². The number of aromatic nitrogens is 2. The lowest BCUT2D eigenvalue weighted by Crippen LogP contribution is -2.30. The Kier molecular flexibility index (Phi) is 5.52. The van der Waals surface area contributed by atoms with Crippen molar-refractivity contribution >= 4 is 0 Å². The van der Waals surface area contributed by atoms with Crippen molar-refractivity contribution in [1.82, 2.24) is 9.97 Å². The van der Waals surface area contributed by atoms with Crippen LogP contribution in [0.3, 0.4) is 0 Å². The molecular weight excluding hydrogens is 360 g/mol. The predicted molar refractivity (Wildman–Crippen MR) is 117 cm³/mol. The number of aromatic amines is 2. The Bertz CT molecular complexity index is 1100. The zero-order valence-electron chi connectivity index (χ0n) is 17.1. The molecule has 1 fully saturated rings. The second-order valence-corrected chi connectivity index (χ2v) is 8.30. The monoisotopic (exact) mass is 388 g/mol. The number of nitrogens with one attached hydrogen (secondary N) is 2. The number of benzene rings is 2. The van der Waals surface area contributed by atoms with Crippen molar-refractivity contribution in [3.05, 3.63) is 103 Å². The Labute approximate surface area is 171 Å². The fraction of sp³-hybridized carbons (Fsp3) is 0.360. The number of rotatable bonds is 4. The SMILES string of the molecule is Cc1cccc(Cc2c(C3CCC(c4ccccc4)CC3)[nH]c(=O)[nH]c2=O)c1C. The first-order chi connectivity index (χ1) is 14.0. The second-order valence-electron chi connectivity index (χ2n) is 8.30. The molecule has 1 heterocycles. The van der Waals surface area contributed by atoms with Gasteiger partial charge in [0.25, 0.3) is 5.56 Å². The third-order valence-corrected chi connectivity index (χ3v) is 6.56. The largest absolute Gasteiger partial charge is 0.325 e. The minimum Gasteiger partial charge on any atom is -0.311 e. The van der Waals surface area contributed by atoms with Crippen LogP contribution in [0.15, 0.2) is 58.1 Å². The molecule has 0 amide bonds. The standard InChI is InChI=1S/C25H28N2O2/c1-16-7-6-10-21(17(16)2)15-22-23(26-25(29)27-24(22)28)20-13-11-19(12-14-20)18-8-4-3-5-9-18/h3-10,19-20H,11-15H2,1-2H3,(H2,26,27,28,29). The quantitative estimate of drug-likeness (QED) is 0.680. The molecule has 0 bridgehead atoms. The predicted octanol–water partition coefficient (Wildman–Crippen LogP) is 4.71. The summed E-state index contributed by atoms with van der Waals surface area (Å²) < 4.78 is 0. The lowest BCUT2D eigenvalue weighted by atomic mass is 9.76. The minimum atomic E-state index is -0.403. The molecule has 0 radical (unpaired) electrons. The normalized spacial score (nSPS) is 19.2. The summed E-state index contributed by atoms with van der Waals surface area (Å²) in [5.74, 6) is 0.786. The molecule has 4 heteroatoms. The summed E-state index contributed by atoms with van der Waals surface area (Å²) in [4.78, 5) is 30.2. The second kappa shape index (κ2) is 8.24. The number of hydrogen-bond donors (Lipinski definition) is 2. The molecular formula is C25H28N2O2. The van der Waals surface area contributed by atoms with Crippen molar-refractivity contribution in [3.8, 4) is 0 Å². The van der Waals surface area contributed by atoms with Crippen LogP contribution >= 0.6 is 0 Å². The zero-order valence-corrected chi connectivity index (χ0v) is 17.1. The van der Waals surface area contributed by atoms with Gasteiger partial charge in [-0.3, -0.25) is 9.78 Å². The van der Waals surface area contributed by atoms with Gasteiger partial charge in [-0.2, -0.15) is 0 Å². The highest BCUT2D eigenvalue weighted by Gasteiger charge is 2.27. The van der Waals surface area contributed by atoms with E-state index in [0.29, 0.717) is 17.9 Å². The molecule has 29 heavy (non-hydrogen) atoms. The third kappa shape index (κ3) is 4.12. The molecule has 1 saturated carbocycles. The first-order valence-electron chi connectivity index (χ1n) is 10.5. The minimum absolute atomic E-state index is 0.227. The van der Waals surface area contributed by atoms with Crippen molar-refractivity contribution < 1.29 is 0 Å². The van der Waals surface area contributed by atoms with Gasteiger partial charge in [-0.1, -0.05) is 48.5 Å². The summed E-state index contributed by atoms with van der Waals surface area (Å²) in [6, 6.07) is 16.8. The first-order valence-corrected chi connectivity index (χ1v) is 10.5. The maximum Gasteiger partial charge on any atom is 0.325 e. The lowest BCUT2D eigenvalue weighted by Gasteiger charge is -2.29. The van der Waals surface area contributed by atoms with Gasteiger partial charge in [-0.05, 0) is 73.6 Å². The molecule has 2 aromatic carbocycles. The summed E-state index contributed by atoms with van der Waals surface area (Å²) in [6.07, 6.45) is 4.67. The molecule has 0 spiro atoms. The Hall–Kier alpha value is -2.88. The van der Waals surface area contributed by atoms with E-state index in [9.17, 15) is 9.59 Å². The van der Waals surface area contributed by atoms with Crippen LogP contribution in [-0.4, -0.2) is 9.97 Å². The van der Waals surface area contributed by atoms with E-state index in [-0.39, 0.29) is 11.5 Å². The molecule has 0 saturated heterocycles. The molecule has 1 aliphatic rings. The van der Waals surface area contributed by atoms with Crippen molar-refractivity contribution in [1.29, 1.82) is 0 Å². The fourth-order valence-corrected chi connectivity index (χ4v) is 4.69. The van der Waals surface area contributed by atoms with E-state index in [0.717, 1.165) is 36.9 Å². The average molecular weight is 389 g/mol. The van der Waals surface area contributed by atoms with Crippen molar-refractivity contribution in [3.63, 3.8) is 0 Å². The zero-order chi connectivity index (χ0) is 20.4. The van der Waals surface area contributed by atoms with E-state index >= 15 is 0 Å². The fourth-order valence-electron chi connectivity index (χ4n) is 4.69. The number of H-pyrrole nitrogens is 2. The van der Waals surface area contributed by atoms with E-state index in [1.807, 2.05) is 6.07 Å². The van der Waals surface area contributed by atoms with Gasteiger partial charge in [-0.25, -0.2) is 4.79 Å². The van der Waals surface area contributed by atoms with Crippen LogP contribution in [0.25, 0.3) is 0 Å². The summed E-state index contributed by atoms with van der Waals surface area (Å²) >= 11 is 0. The molecule has 1 aromatic heterocycles. The lowest BCUT2D eigenvalue weighted by molar-refractivity contribution is 0.388. The molecule has 0 unspecified atom stereocenters. The molecule has 2 N–H and O–H groups in total. The van der Waals surface area contributed by atoms with Crippen LogP contribution in [0, 0.1) is 13.8 Å². The van der Waals surface area contributed by atoms with E-state index in [4.69, 9.17) is 0 Å². The van der Waals surface area contributed by atoms with Crippen LogP contribution in [0.2, 0.25) is 0 Å². The van der Waals surface area contributed by atoms with Crippen LogP contribution in [0.5, 0.6) is 0 Å². The highest BCUT2D eigenvalue weighted by atomic mass is 16.2. The maximum absolute atomic E-state index is 12.7. The topological polar surface area (TPSA) is 65.7 Å². The third-order valence-electron chi connectivity index (χ3n) is 6.56. The molecule has 1 aliphatic carbocycles. The maximum atomic E-state index is 12.7. The van der Waals surface area contributed by atoms with Crippen molar-refractivity contribution in [2.75, 3.05) is 0 Å². The summed E-state index contributed by atoms with van der Waals surface area (Å²) in [5, 5.41) is 0. The average Bonchev–Trinajstić information content (AvgIpc) is 2.73. The Morgan fingerprint density at radius 1 is 0.828 bits per heavy atom. The van der Waals surface area contributed by atoms with Gasteiger partial charge >= 0.3 is 5.69 Å². The first kappa shape index (κ1) is 19.4. The molecule has 4 nitrogen and oxygen atoms in total. The van der Waals surface area contributed by atoms with Gasteiger partial charge in [0.05, 0.1) is 0 Å². The number of hydrogen-bond acceptors (Lipinski definition) is 2. The van der Waals surface area contributed by atoms with Gasteiger partial charge in [0, 0.05) is 17.7 Å². The van der Waals surface area contributed by atoms with E-state index in [1.54, 1.807) is 0 Å². The summed E-state index contributed by atoms with van der Waals surface area (Å²) in [7, 11) is 0. The van der Waals surface area contributed by atoms with Gasteiger partial charge in [-0.15, -0.1) is 0 Å². The molecule has 4 rings (SSSR count). The summed E-state index contributed by atoms with van der Waals surface area (Å²) in [6.45, 7) is 4.18. The molecule has 150 valence electrons. The van der Waals surface area contributed by atoms with E-state index < -0.39 is 5.69 Å². The highest BCUT2D eigenvalue weighted by molar-refractivity contribution is 5.38. The van der Waals surface area contributed by atoms with Gasteiger partial charge < -0.3 is 4.98 Å². The molecule has 3 aromatic rings. The Morgan fingerprint density at radius 2 is 1.52 bits per heavy atom.